The van der Waals surface area contributed by atoms with Gasteiger partial charge < -0.3 is 19.1 Å². The van der Waals surface area contributed by atoms with Gasteiger partial charge in [-0.1, -0.05) is 53.9 Å². The zero-order valence-electron chi connectivity index (χ0n) is 25.9. The summed E-state index contributed by atoms with van der Waals surface area (Å²) in [5.41, 5.74) is 2.09. The molecule has 0 spiro atoms. The molecule has 1 N–H and O–H groups in total. The Bertz CT molecular complexity index is 1000. The van der Waals surface area contributed by atoms with Crippen molar-refractivity contribution >= 4 is 8.32 Å². The number of aliphatic hydroxyl groups is 1. The molecule has 1 aromatic rings. The molecule has 3 rings (SSSR count). The number of unbranched alkanes of at least 4 members (excludes halogenated alkanes) is 3. The van der Waals surface area contributed by atoms with Crippen molar-refractivity contribution in [2.75, 3.05) is 13.2 Å². The summed E-state index contributed by atoms with van der Waals surface area (Å²) in [5, 5.41) is 19.8. The van der Waals surface area contributed by atoms with Crippen LogP contribution in [0.4, 0.5) is 0 Å². The third-order valence-electron chi connectivity index (χ3n) is 9.80. The zero-order chi connectivity index (χ0) is 29.2. The molecule has 0 amide bonds. The molecule has 0 saturated heterocycles. The van der Waals surface area contributed by atoms with Gasteiger partial charge in [-0.05, 0) is 99.0 Å². The van der Waals surface area contributed by atoms with Gasteiger partial charge in [-0.2, -0.15) is 0 Å². The summed E-state index contributed by atoms with van der Waals surface area (Å²) < 4.78 is 13.9. The van der Waals surface area contributed by atoms with Crippen LogP contribution in [0.2, 0.25) is 18.1 Å². The summed E-state index contributed by atoms with van der Waals surface area (Å²) in [4.78, 5) is 14.8. The Morgan fingerprint density at radius 3 is 2.38 bits per heavy atom. The van der Waals surface area contributed by atoms with Gasteiger partial charge in [-0.3, -0.25) is 0 Å². The second kappa shape index (κ2) is 12.0. The Labute approximate surface area is 237 Å². The Morgan fingerprint density at radius 1 is 1.10 bits per heavy atom. The molecule has 2 aliphatic rings. The highest BCUT2D eigenvalue weighted by Gasteiger charge is 2.49. The maximum atomic E-state index is 10.4. The van der Waals surface area contributed by atoms with Crippen molar-refractivity contribution in [1.82, 2.24) is 0 Å². The molecule has 1 aliphatic heterocycles. The van der Waals surface area contributed by atoms with Gasteiger partial charge in [0.15, 0.2) is 0 Å². The van der Waals surface area contributed by atoms with Crippen molar-refractivity contribution in [3.63, 3.8) is 0 Å². The number of fused-ring (bicyclic) bond motifs is 3. The minimum Gasteiger partial charge on any atom is -0.543 e. The molecule has 1 heterocycles. The van der Waals surface area contributed by atoms with Crippen molar-refractivity contribution in [3.05, 3.63) is 33.4 Å². The summed E-state index contributed by atoms with van der Waals surface area (Å²) in [5.74, 6) is 2.97. The van der Waals surface area contributed by atoms with Crippen LogP contribution in [0, 0.1) is 22.0 Å². The number of hydrogen-bond acceptors (Lipinski definition) is 6. The van der Waals surface area contributed by atoms with Crippen molar-refractivity contribution in [3.8, 4) is 11.5 Å². The number of aliphatic hydroxyl groups excluding tert-OH is 1. The highest BCUT2D eigenvalue weighted by atomic mass is 28.4. The summed E-state index contributed by atoms with van der Waals surface area (Å²) >= 11 is 0. The van der Waals surface area contributed by atoms with E-state index in [4.69, 9.17) is 9.16 Å². The summed E-state index contributed by atoms with van der Waals surface area (Å²) in [6, 6.07) is 4.56. The van der Waals surface area contributed by atoms with Crippen molar-refractivity contribution in [2.24, 2.45) is 11.8 Å². The van der Waals surface area contributed by atoms with Crippen LogP contribution in [-0.4, -0.2) is 37.3 Å². The van der Waals surface area contributed by atoms with Crippen LogP contribution in [-0.2, 0) is 10.3 Å². The van der Waals surface area contributed by atoms with Crippen LogP contribution in [0.1, 0.15) is 117 Å². The van der Waals surface area contributed by atoms with Crippen molar-refractivity contribution in [2.45, 2.75) is 135 Å². The average Bonchev–Trinajstić information content (AvgIpc) is 2.81. The largest absolute Gasteiger partial charge is 0.543 e. The van der Waals surface area contributed by atoms with Gasteiger partial charge in [-0.15, -0.1) is 10.1 Å². The zero-order valence-corrected chi connectivity index (χ0v) is 26.9. The van der Waals surface area contributed by atoms with Gasteiger partial charge in [0.2, 0.25) is 8.32 Å². The first-order valence-corrected chi connectivity index (χ1v) is 17.8. The number of ether oxygens (including phenoxy) is 1. The molecule has 0 radical (unpaired) electrons. The number of rotatable bonds is 12. The fourth-order valence-corrected chi connectivity index (χ4v) is 7.22. The molecule has 222 valence electrons. The average molecular weight is 564 g/mol. The SMILES string of the molecule is CC(C)(CCCCCCO[N+](=O)[O-])c1cc2c(c(O[Si](C)(C)C(C)(C)C)c1)[C@@H]1C[C@H](CO)CC[C@H]1C(C)(C)O2. The molecule has 0 unspecified atom stereocenters. The molecular formula is C31H53NO6Si. The third kappa shape index (κ3) is 7.49. The number of benzene rings is 1. The predicted molar refractivity (Wildman–Crippen MR) is 159 cm³/mol. The molecule has 0 bridgehead atoms. The first-order chi connectivity index (χ1) is 18.0. The van der Waals surface area contributed by atoms with E-state index in [2.05, 4.69) is 78.5 Å². The summed E-state index contributed by atoms with van der Waals surface area (Å²) in [6.07, 6.45) is 7.74. The van der Waals surface area contributed by atoms with Gasteiger partial charge in [0, 0.05) is 18.1 Å². The standard InChI is InChI=1S/C31H53NO6Si/c1-29(2,3)39(8,9)38-27-20-23(30(4,5)16-12-10-11-13-17-36-32(34)35)19-26-28(27)24-18-22(21-33)14-15-25(24)31(6,7)37-26/h19-20,22,24-25,33H,10-18,21H2,1-9H3/t22-,24-,25-/m1/s1. The van der Waals surface area contributed by atoms with E-state index in [0.717, 1.165) is 56.4 Å². The van der Waals surface area contributed by atoms with Crippen LogP contribution in [0.15, 0.2) is 12.1 Å². The highest BCUT2D eigenvalue weighted by molar-refractivity contribution is 6.74. The molecule has 1 aromatic carbocycles. The Morgan fingerprint density at radius 2 is 1.77 bits per heavy atom. The Kier molecular flexibility index (Phi) is 9.74. The first-order valence-electron chi connectivity index (χ1n) is 14.9. The second-order valence-electron chi connectivity index (χ2n) is 14.6. The van der Waals surface area contributed by atoms with E-state index in [1.807, 2.05) is 0 Å². The molecule has 1 saturated carbocycles. The molecule has 1 aliphatic carbocycles. The fourth-order valence-electron chi connectivity index (χ4n) is 6.19. The fraction of sp³-hybridized carbons (Fsp3) is 0.806. The van der Waals surface area contributed by atoms with E-state index in [1.165, 1.54) is 11.1 Å². The van der Waals surface area contributed by atoms with Crippen LogP contribution in [0.5, 0.6) is 11.5 Å². The molecule has 1 fully saturated rings. The minimum atomic E-state index is -2.12. The van der Waals surface area contributed by atoms with Crippen LogP contribution >= 0.6 is 0 Å². The van der Waals surface area contributed by atoms with Gasteiger partial charge in [-0.25, -0.2) is 0 Å². The monoisotopic (exact) mass is 563 g/mol. The van der Waals surface area contributed by atoms with Gasteiger partial charge in [0.25, 0.3) is 5.09 Å². The number of nitrogens with zero attached hydrogens (tertiary/aromatic N) is 1. The molecule has 8 heteroatoms. The lowest BCUT2D eigenvalue weighted by atomic mass is 9.63. The van der Waals surface area contributed by atoms with E-state index in [0.29, 0.717) is 24.2 Å². The molecular weight excluding hydrogens is 510 g/mol. The lowest BCUT2D eigenvalue weighted by Crippen LogP contribution is -2.48. The lowest BCUT2D eigenvalue weighted by Gasteiger charge is -2.50. The topological polar surface area (TPSA) is 91.1 Å². The van der Waals surface area contributed by atoms with Gasteiger partial charge >= 0.3 is 0 Å². The maximum absolute atomic E-state index is 10.4. The van der Waals surface area contributed by atoms with Crippen LogP contribution < -0.4 is 9.16 Å². The smallest absolute Gasteiger partial charge is 0.294 e. The molecule has 39 heavy (non-hydrogen) atoms. The van der Waals surface area contributed by atoms with Crippen molar-refractivity contribution < 1.29 is 24.2 Å². The van der Waals surface area contributed by atoms with E-state index >= 15 is 0 Å². The van der Waals surface area contributed by atoms with E-state index in [-0.39, 0.29) is 29.3 Å². The quantitative estimate of drug-likeness (QED) is 0.119. The summed E-state index contributed by atoms with van der Waals surface area (Å²) in [6.45, 7) is 20.9. The predicted octanol–water partition coefficient (Wildman–Crippen LogP) is 8.17. The lowest BCUT2D eigenvalue weighted by molar-refractivity contribution is -0.757. The van der Waals surface area contributed by atoms with Gasteiger partial charge in [0.1, 0.15) is 17.1 Å². The van der Waals surface area contributed by atoms with E-state index < -0.39 is 13.4 Å². The highest BCUT2D eigenvalue weighted by Crippen LogP contribution is 2.57. The van der Waals surface area contributed by atoms with Crippen LogP contribution in [0.3, 0.4) is 0 Å². The van der Waals surface area contributed by atoms with Crippen molar-refractivity contribution in [1.29, 1.82) is 0 Å². The molecule has 7 nitrogen and oxygen atoms in total. The minimum absolute atomic E-state index is 0.0682. The Hall–Kier alpha value is -1.80. The second-order valence-corrected chi connectivity index (χ2v) is 19.4. The molecule has 0 aromatic heterocycles. The third-order valence-corrected chi connectivity index (χ3v) is 14.1. The van der Waals surface area contributed by atoms with E-state index in [1.54, 1.807) is 0 Å². The normalized spacial score (nSPS) is 22.9. The maximum Gasteiger partial charge on any atom is 0.294 e. The Balaban J connectivity index is 1.94. The van der Waals surface area contributed by atoms with Crippen LogP contribution in [0.25, 0.3) is 0 Å². The number of hydrogen-bond donors (Lipinski definition) is 1. The first kappa shape index (κ1) is 31.7. The molecule has 3 atom stereocenters. The van der Waals surface area contributed by atoms with Gasteiger partial charge in [0.05, 0.1) is 6.61 Å². The van der Waals surface area contributed by atoms with E-state index in [9.17, 15) is 15.2 Å². The summed E-state index contributed by atoms with van der Waals surface area (Å²) in [7, 11) is -2.12.